The molecular weight excluding hydrogens is 340 g/mol. The standard InChI is InChI=1S/C20H18N6O/c1-12-21-19(25-22-12)16-10-26(11-16)20(27)18-9-17(23-24-18)15-7-6-13-4-2-3-5-14(13)8-15/h2-9,16H,10-11H2,1H3,(H,23,24)(H,21,22,25). The van der Waals surface area contributed by atoms with Gasteiger partial charge in [0.15, 0.2) is 5.82 Å². The number of aryl methyl sites for hydroxylation is 1. The van der Waals surface area contributed by atoms with E-state index in [1.54, 1.807) is 4.90 Å². The summed E-state index contributed by atoms with van der Waals surface area (Å²) < 4.78 is 0. The molecule has 0 radical (unpaired) electrons. The number of hydrogen-bond donors (Lipinski definition) is 2. The van der Waals surface area contributed by atoms with Crippen molar-refractivity contribution in [3.05, 3.63) is 65.9 Å². The average molecular weight is 358 g/mol. The van der Waals surface area contributed by atoms with Crippen molar-refractivity contribution in [3.63, 3.8) is 0 Å². The lowest BCUT2D eigenvalue weighted by atomic mass is 9.99. The lowest BCUT2D eigenvalue weighted by molar-refractivity contribution is 0.0589. The fraction of sp³-hybridized carbons (Fsp3) is 0.200. The Hall–Kier alpha value is -3.48. The highest BCUT2D eigenvalue weighted by Crippen LogP contribution is 2.27. The predicted octanol–water partition coefficient (Wildman–Crippen LogP) is 2.90. The summed E-state index contributed by atoms with van der Waals surface area (Å²) in [5, 5.41) is 16.6. The molecule has 1 fully saturated rings. The Morgan fingerprint density at radius 1 is 1.04 bits per heavy atom. The van der Waals surface area contributed by atoms with Crippen LogP contribution in [0, 0.1) is 6.92 Å². The topological polar surface area (TPSA) is 90.6 Å². The normalized spacial score (nSPS) is 14.5. The first-order valence-electron chi connectivity index (χ1n) is 8.90. The van der Waals surface area contributed by atoms with E-state index in [0.29, 0.717) is 18.8 Å². The Bertz CT molecular complexity index is 1140. The van der Waals surface area contributed by atoms with E-state index in [1.807, 2.05) is 31.2 Å². The zero-order valence-electron chi connectivity index (χ0n) is 14.8. The summed E-state index contributed by atoms with van der Waals surface area (Å²) >= 11 is 0. The average Bonchev–Trinajstić information content (AvgIpc) is 3.29. The zero-order chi connectivity index (χ0) is 18.4. The number of amides is 1. The summed E-state index contributed by atoms with van der Waals surface area (Å²) in [4.78, 5) is 18.8. The maximum Gasteiger partial charge on any atom is 0.271 e. The number of aromatic nitrogens is 5. The monoisotopic (exact) mass is 358 g/mol. The highest BCUT2D eigenvalue weighted by molar-refractivity contribution is 5.94. The van der Waals surface area contributed by atoms with Crippen LogP contribution in [0.25, 0.3) is 22.0 Å². The van der Waals surface area contributed by atoms with E-state index in [2.05, 4.69) is 49.6 Å². The molecule has 2 aromatic carbocycles. The van der Waals surface area contributed by atoms with E-state index in [0.717, 1.165) is 28.3 Å². The number of fused-ring (bicyclic) bond motifs is 1. The molecule has 134 valence electrons. The number of nitrogens with one attached hydrogen (secondary N) is 2. The van der Waals surface area contributed by atoms with Gasteiger partial charge in [0.1, 0.15) is 11.5 Å². The molecule has 0 atom stereocenters. The first-order chi connectivity index (χ1) is 13.2. The van der Waals surface area contributed by atoms with Gasteiger partial charge in [0.05, 0.1) is 11.6 Å². The van der Waals surface area contributed by atoms with Crippen LogP contribution >= 0.6 is 0 Å². The lowest BCUT2D eigenvalue weighted by Crippen LogP contribution is -2.49. The van der Waals surface area contributed by atoms with Crippen LogP contribution in [0.4, 0.5) is 0 Å². The molecule has 1 amide bonds. The van der Waals surface area contributed by atoms with Gasteiger partial charge in [0, 0.05) is 18.7 Å². The van der Waals surface area contributed by atoms with Gasteiger partial charge in [-0.25, -0.2) is 4.98 Å². The van der Waals surface area contributed by atoms with Crippen LogP contribution in [0.3, 0.4) is 0 Å². The van der Waals surface area contributed by atoms with Gasteiger partial charge >= 0.3 is 0 Å². The number of carbonyl (C=O) groups is 1. The van der Waals surface area contributed by atoms with Gasteiger partial charge in [-0.15, -0.1) is 0 Å². The third-order valence-electron chi connectivity index (χ3n) is 5.00. The summed E-state index contributed by atoms with van der Waals surface area (Å²) in [7, 11) is 0. The van der Waals surface area contributed by atoms with Crippen molar-refractivity contribution in [3.8, 4) is 11.3 Å². The number of H-pyrrole nitrogens is 2. The lowest BCUT2D eigenvalue weighted by Gasteiger charge is -2.37. The minimum absolute atomic E-state index is 0.0435. The molecule has 5 rings (SSSR count). The van der Waals surface area contributed by atoms with Gasteiger partial charge in [0.25, 0.3) is 5.91 Å². The van der Waals surface area contributed by atoms with Gasteiger partial charge in [-0.1, -0.05) is 36.4 Å². The number of carbonyl (C=O) groups excluding carboxylic acids is 1. The molecule has 2 aromatic heterocycles. The van der Waals surface area contributed by atoms with Crippen LogP contribution in [0.2, 0.25) is 0 Å². The largest absolute Gasteiger partial charge is 0.336 e. The minimum atomic E-state index is -0.0435. The Balaban J connectivity index is 1.32. The van der Waals surface area contributed by atoms with Crippen LogP contribution in [-0.2, 0) is 0 Å². The number of aromatic amines is 2. The van der Waals surface area contributed by atoms with Gasteiger partial charge in [-0.3, -0.25) is 15.0 Å². The summed E-state index contributed by atoms with van der Waals surface area (Å²) in [6.45, 7) is 3.12. The van der Waals surface area contributed by atoms with E-state index < -0.39 is 0 Å². The summed E-state index contributed by atoms with van der Waals surface area (Å²) in [6.07, 6.45) is 0. The maximum absolute atomic E-state index is 12.7. The van der Waals surface area contributed by atoms with Crippen LogP contribution < -0.4 is 0 Å². The van der Waals surface area contributed by atoms with Crippen molar-refractivity contribution in [1.82, 2.24) is 30.3 Å². The molecule has 2 N–H and O–H groups in total. The van der Waals surface area contributed by atoms with Crippen LogP contribution in [0.1, 0.15) is 28.1 Å². The molecule has 0 saturated carbocycles. The van der Waals surface area contributed by atoms with Gasteiger partial charge in [0.2, 0.25) is 0 Å². The van der Waals surface area contributed by atoms with Crippen molar-refractivity contribution in [1.29, 1.82) is 0 Å². The van der Waals surface area contributed by atoms with E-state index in [9.17, 15) is 4.79 Å². The number of hydrogen-bond acceptors (Lipinski definition) is 4. The molecule has 1 saturated heterocycles. The molecule has 4 aromatic rings. The Morgan fingerprint density at radius 2 is 1.85 bits per heavy atom. The smallest absolute Gasteiger partial charge is 0.271 e. The van der Waals surface area contributed by atoms with E-state index in [4.69, 9.17) is 0 Å². The molecule has 0 aliphatic carbocycles. The van der Waals surface area contributed by atoms with Gasteiger partial charge < -0.3 is 4.90 Å². The quantitative estimate of drug-likeness (QED) is 0.589. The molecule has 7 nitrogen and oxygen atoms in total. The molecule has 0 bridgehead atoms. The first kappa shape index (κ1) is 15.7. The Morgan fingerprint density at radius 3 is 2.63 bits per heavy atom. The summed E-state index contributed by atoms with van der Waals surface area (Å²) in [6, 6.07) is 16.2. The second-order valence-corrected chi connectivity index (χ2v) is 6.91. The van der Waals surface area contributed by atoms with E-state index in [1.165, 1.54) is 5.39 Å². The van der Waals surface area contributed by atoms with Crippen molar-refractivity contribution in [2.24, 2.45) is 0 Å². The van der Waals surface area contributed by atoms with Crippen LogP contribution in [0.15, 0.2) is 48.5 Å². The fourth-order valence-electron chi connectivity index (χ4n) is 3.45. The van der Waals surface area contributed by atoms with Crippen molar-refractivity contribution in [2.45, 2.75) is 12.8 Å². The number of nitrogens with zero attached hydrogens (tertiary/aromatic N) is 4. The molecule has 1 aliphatic rings. The highest BCUT2D eigenvalue weighted by atomic mass is 16.2. The Kier molecular flexibility index (Phi) is 3.53. The molecular formula is C20H18N6O. The van der Waals surface area contributed by atoms with Crippen molar-refractivity contribution < 1.29 is 4.79 Å². The summed E-state index contributed by atoms with van der Waals surface area (Å²) in [5.74, 6) is 1.72. The Labute approximate surface area is 155 Å². The third-order valence-corrected chi connectivity index (χ3v) is 5.00. The number of benzene rings is 2. The number of likely N-dealkylation sites (tertiary alicyclic amines) is 1. The molecule has 3 heterocycles. The van der Waals surface area contributed by atoms with Crippen LogP contribution in [0.5, 0.6) is 0 Å². The van der Waals surface area contributed by atoms with Gasteiger partial charge in [-0.05, 0) is 29.8 Å². The third kappa shape index (κ3) is 2.77. The van der Waals surface area contributed by atoms with Gasteiger partial charge in [-0.2, -0.15) is 10.2 Å². The van der Waals surface area contributed by atoms with E-state index in [-0.39, 0.29) is 11.8 Å². The second-order valence-electron chi connectivity index (χ2n) is 6.91. The SMILES string of the molecule is Cc1nc(C2CN(C(=O)c3cc(-c4ccc5ccccc5c4)n[nH]3)C2)n[nH]1. The fourth-order valence-corrected chi connectivity index (χ4v) is 3.45. The molecule has 0 spiro atoms. The maximum atomic E-state index is 12.7. The number of rotatable bonds is 3. The van der Waals surface area contributed by atoms with E-state index >= 15 is 0 Å². The molecule has 1 aliphatic heterocycles. The zero-order valence-corrected chi connectivity index (χ0v) is 14.8. The predicted molar refractivity (Wildman–Crippen MR) is 101 cm³/mol. The van der Waals surface area contributed by atoms with Crippen LogP contribution in [-0.4, -0.2) is 49.3 Å². The minimum Gasteiger partial charge on any atom is -0.336 e. The van der Waals surface area contributed by atoms with Crippen molar-refractivity contribution in [2.75, 3.05) is 13.1 Å². The van der Waals surface area contributed by atoms with Crippen molar-refractivity contribution >= 4 is 16.7 Å². The molecule has 7 heteroatoms. The second kappa shape index (κ2) is 6.05. The molecule has 27 heavy (non-hydrogen) atoms. The molecule has 0 unspecified atom stereocenters. The highest BCUT2D eigenvalue weighted by Gasteiger charge is 2.35. The summed E-state index contributed by atoms with van der Waals surface area (Å²) in [5.41, 5.74) is 2.26. The first-order valence-corrected chi connectivity index (χ1v) is 8.90.